The summed E-state index contributed by atoms with van der Waals surface area (Å²) in [4.78, 5) is 27.5. The van der Waals surface area contributed by atoms with Crippen LogP contribution in [0.1, 0.15) is 51.1 Å². The van der Waals surface area contributed by atoms with E-state index in [2.05, 4.69) is 24.1 Å². The molecule has 10 heteroatoms. The zero-order valence-electron chi connectivity index (χ0n) is 25.2. The number of hydrogen-bond acceptors (Lipinski definition) is 8. The molecule has 1 heterocycles. The molecular weight excluding hydrogens is 568 g/mol. The number of carbonyl (C=O) groups excluding carboxylic acids is 2. The van der Waals surface area contributed by atoms with E-state index in [0.717, 1.165) is 24.9 Å². The summed E-state index contributed by atoms with van der Waals surface area (Å²) in [7, 11) is -1.05. The minimum atomic E-state index is -3.76. The molecule has 0 aromatic heterocycles. The topological polar surface area (TPSA) is 111 Å². The van der Waals surface area contributed by atoms with Crippen LogP contribution in [0.2, 0.25) is 0 Å². The van der Waals surface area contributed by atoms with E-state index in [0.29, 0.717) is 24.2 Å². The van der Waals surface area contributed by atoms with Crippen molar-refractivity contribution in [3.8, 4) is 11.5 Å². The lowest BCUT2D eigenvalue weighted by molar-refractivity contribution is -0.145. The van der Waals surface area contributed by atoms with Crippen LogP contribution in [0.5, 0.6) is 11.5 Å². The second-order valence-corrected chi connectivity index (χ2v) is 12.8. The van der Waals surface area contributed by atoms with Gasteiger partial charge >= 0.3 is 5.97 Å². The number of sulfone groups is 1. The fourth-order valence-corrected chi connectivity index (χ4v) is 7.71. The third-order valence-corrected chi connectivity index (χ3v) is 9.96. The Hall–Kier alpha value is -4.05. The molecule has 0 fully saturated rings. The SMILES string of the molecule is CCCCC1(CC)CN(c2ccccc2)c2cc(OC)c(OCC(=O)N[C@H](C(=O)OC)c3ccccc3)cc2S(=O)(=O)C1. The van der Waals surface area contributed by atoms with Crippen molar-refractivity contribution in [1.29, 1.82) is 0 Å². The van der Waals surface area contributed by atoms with Crippen molar-refractivity contribution >= 4 is 33.1 Å². The first-order chi connectivity index (χ1) is 20.7. The zero-order chi connectivity index (χ0) is 31.0. The Bertz CT molecular complexity index is 1510. The number of nitrogens with one attached hydrogen (secondary N) is 1. The number of carbonyl (C=O) groups is 2. The Morgan fingerprint density at radius 1 is 0.977 bits per heavy atom. The van der Waals surface area contributed by atoms with E-state index in [1.54, 1.807) is 36.4 Å². The maximum atomic E-state index is 14.1. The van der Waals surface area contributed by atoms with Crippen LogP contribution in [0.25, 0.3) is 0 Å². The molecule has 1 aliphatic rings. The smallest absolute Gasteiger partial charge is 0.333 e. The van der Waals surface area contributed by atoms with Crippen molar-refractivity contribution in [1.82, 2.24) is 5.32 Å². The van der Waals surface area contributed by atoms with E-state index >= 15 is 0 Å². The number of amides is 1. The molecule has 43 heavy (non-hydrogen) atoms. The van der Waals surface area contributed by atoms with Crippen molar-refractivity contribution < 1.29 is 32.2 Å². The van der Waals surface area contributed by atoms with E-state index in [1.165, 1.54) is 20.3 Å². The summed E-state index contributed by atoms with van der Waals surface area (Å²) in [5, 5.41) is 2.64. The lowest BCUT2D eigenvalue weighted by Gasteiger charge is -2.36. The van der Waals surface area contributed by atoms with Crippen LogP contribution in [0.4, 0.5) is 11.4 Å². The molecule has 1 aliphatic heterocycles. The molecule has 1 amide bonds. The second kappa shape index (κ2) is 13.9. The van der Waals surface area contributed by atoms with E-state index in [4.69, 9.17) is 14.2 Å². The Kier molecular flexibility index (Phi) is 10.3. The molecule has 0 spiro atoms. The molecule has 0 bridgehead atoms. The monoisotopic (exact) mass is 608 g/mol. The molecule has 9 nitrogen and oxygen atoms in total. The number of anilines is 2. The van der Waals surface area contributed by atoms with Gasteiger partial charge in [0, 0.05) is 29.8 Å². The number of methoxy groups -OCH3 is 2. The number of hydrogen-bond donors (Lipinski definition) is 1. The Morgan fingerprint density at radius 2 is 1.65 bits per heavy atom. The maximum Gasteiger partial charge on any atom is 0.333 e. The van der Waals surface area contributed by atoms with Gasteiger partial charge in [0.1, 0.15) is 0 Å². The van der Waals surface area contributed by atoms with Gasteiger partial charge in [0.15, 0.2) is 34.0 Å². The van der Waals surface area contributed by atoms with Crippen molar-refractivity contribution in [2.45, 2.75) is 50.5 Å². The van der Waals surface area contributed by atoms with Crippen LogP contribution in [0.3, 0.4) is 0 Å². The van der Waals surface area contributed by atoms with E-state index in [1.807, 2.05) is 30.3 Å². The molecule has 1 N–H and O–H groups in total. The van der Waals surface area contributed by atoms with Crippen molar-refractivity contribution in [2.24, 2.45) is 5.41 Å². The van der Waals surface area contributed by atoms with Crippen LogP contribution < -0.4 is 19.7 Å². The lowest BCUT2D eigenvalue weighted by atomic mass is 9.81. The Balaban J connectivity index is 1.69. The molecule has 0 aliphatic carbocycles. The van der Waals surface area contributed by atoms with Gasteiger partial charge < -0.3 is 24.4 Å². The molecule has 0 saturated carbocycles. The van der Waals surface area contributed by atoms with E-state index in [-0.39, 0.29) is 22.1 Å². The summed E-state index contributed by atoms with van der Waals surface area (Å²) in [6.45, 7) is 4.21. The number of fused-ring (bicyclic) bond motifs is 1. The number of ether oxygens (including phenoxy) is 3. The summed E-state index contributed by atoms with van der Waals surface area (Å²) in [5.41, 5.74) is 1.47. The van der Waals surface area contributed by atoms with Crippen LogP contribution >= 0.6 is 0 Å². The average Bonchev–Trinajstić information content (AvgIpc) is 3.13. The van der Waals surface area contributed by atoms with Gasteiger partial charge in [0.2, 0.25) is 0 Å². The molecule has 2 atom stereocenters. The van der Waals surface area contributed by atoms with Gasteiger partial charge in [0.05, 0.1) is 30.6 Å². The van der Waals surface area contributed by atoms with E-state index in [9.17, 15) is 18.0 Å². The summed E-state index contributed by atoms with van der Waals surface area (Å²) >= 11 is 0. The number of nitrogens with zero attached hydrogens (tertiary/aromatic N) is 1. The molecule has 1 unspecified atom stereocenters. The van der Waals surface area contributed by atoms with Gasteiger partial charge in [-0.05, 0) is 30.5 Å². The van der Waals surface area contributed by atoms with Gasteiger partial charge in [-0.3, -0.25) is 4.79 Å². The van der Waals surface area contributed by atoms with Gasteiger partial charge in [-0.15, -0.1) is 0 Å². The molecule has 4 rings (SSSR count). The van der Waals surface area contributed by atoms with Crippen LogP contribution in [-0.4, -0.2) is 53.4 Å². The van der Waals surface area contributed by atoms with Gasteiger partial charge in [-0.2, -0.15) is 0 Å². The Labute approximate surface area is 254 Å². The summed E-state index contributed by atoms with van der Waals surface area (Å²) in [6.07, 6.45) is 3.37. The molecular formula is C33H40N2O7S. The molecule has 230 valence electrons. The highest BCUT2D eigenvalue weighted by atomic mass is 32.2. The lowest BCUT2D eigenvalue weighted by Crippen LogP contribution is -2.37. The standard InChI is InChI=1S/C33H40N2O7S/c1-5-7-18-33(6-2)22-35(25-16-12-9-13-17-25)26-19-27(40-3)28(20-29(26)43(38,39)23-33)42-21-30(36)34-31(32(37)41-4)24-14-10-8-11-15-24/h8-17,19-20,31H,5-7,18,21-23H2,1-4H3,(H,34,36)/t31-,33?/m0/s1. The number of para-hydroxylation sites is 1. The second-order valence-electron chi connectivity index (χ2n) is 10.8. The summed E-state index contributed by atoms with van der Waals surface area (Å²) in [6, 6.07) is 20.5. The third kappa shape index (κ3) is 7.30. The predicted octanol–water partition coefficient (Wildman–Crippen LogP) is 5.62. The number of rotatable bonds is 12. The first kappa shape index (κ1) is 31.9. The highest BCUT2D eigenvalue weighted by Crippen LogP contribution is 2.47. The average molecular weight is 609 g/mol. The fourth-order valence-electron chi connectivity index (χ4n) is 5.53. The first-order valence-corrected chi connectivity index (χ1v) is 16.1. The van der Waals surface area contributed by atoms with Crippen molar-refractivity contribution in [3.63, 3.8) is 0 Å². The van der Waals surface area contributed by atoms with E-state index < -0.39 is 39.8 Å². The molecule has 0 radical (unpaired) electrons. The van der Waals surface area contributed by atoms with Gasteiger partial charge in [-0.1, -0.05) is 75.2 Å². The van der Waals surface area contributed by atoms with Crippen LogP contribution in [0, 0.1) is 5.41 Å². The zero-order valence-corrected chi connectivity index (χ0v) is 26.0. The van der Waals surface area contributed by atoms with Gasteiger partial charge in [0.25, 0.3) is 5.91 Å². The quantitative estimate of drug-likeness (QED) is 0.264. The molecule has 3 aromatic carbocycles. The fraction of sp³-hybridized carbons (Fsp3) is 0.394. The van der Waals surface area contributed by atoms with Gasteiger partial charge in [-0.25, -0.2) is 13.2 Å². The van der Waals surface area contributed by atoms with Crippen LogP contribution in [-0.2, 0) is 24.2 Å². The highest BCUT2D eigenvalue weighted by Gasteiger charge is 2.42. The van der Waals surface area contributed by atoms with Crippen LogP contribution in [0.15, 0.2) is 77.7 Å². The summed E-state index contributed by atoms with van der Waals surface area (Å²) < 4.78 is 44.5. The van der Waals surface area contributed by atoms with Crippen molar-refractivity contribution in [3.05, 3.63) is 78.4 Å². The molecule has 3 aromatic rings. The predicted molar refractivity (Wildman–Crippen MR) is 166 cm³/mol. The highest BCUT2D eigenvalue weighted by molar-refractivity contribution is 7.91. The third-order valence-electron chi connectivity index (χ3n) is 7.97. The Morgan fingerprint density at radius 3 is 2.26 bits per heavy atom. The number of unbranched alkanes of at least 4 members (excludes halogenated alkanes) is 1. The number of benzene rings is 3. The minimum absolute atomic E-state index is 0.00300. The first-order valence-electron chi connectivity index (χ1n) is 14.5. The largest absolute Gasteiger partial charge is 0.493 e. The minimum Gasteiger partial charge on any atom is -0.493 e. The maximum absolute atomic E-state index is 14.1. The molecule has 0 saturated heterocycles. The normalized spacial score (nSPS) is 18.1. The summed E-state index contributed by atoms with van der Waals surface area (Å²) in [5.74, 6) is -0.823. The van der Waals surface area contributed by atoms with Crippen molar-refractivity contribution in [2.75, 3.05) is 38.0 Å². The number of esters is 1.